The number of rotatable bonds is 4. The quantitative estimate of drug-likeness (QED) is 0.573. The molecule has 4 rings (SSSR count). The van der Waals surface area contributed by atoms with Gasteiger partial charge in [0, 0.05) is 11.5 Å². The standard InChI is InChI=1S/C21H21F3N2O2/c1-20-10-3-2-7-16(20)18(20)19(27)26-25-12-15-8-9-17(28-15)13-5-4-6-14(11-13)21(22,23)24/h4-6,8-9,11-12,16,18H,2-3,7,10H2,1H3,(H,26,27)/b25-12-/t16-,18-,20-/m0/s1. The summed E-state index contributed by atoms with van der Waals surface area (Å²) in [5.74, 6) is 1.05. The number of carbonyl (C=O) groups is 1. The molecule has 1 heterocycles. The lowest BCUT2D eigenvalue weighted by atomic mass is 9.90. The van der Waals surface area contributed by atoms with Crippen LogP contribution in [0.4, 0.5) is 13.2 Å². The van der Waals surface area contributed by atoms with Crippen LogP contribution in [0.2, 0.25) is 0 Å². The molecule has 7 heteroatoms. The van der Waals surface area contributed by atoms with Gasteiger partial charge in [-0.15, -0.1) is 0 Å². The van der Waals surface area contributed by atoms with Crippen LogP contribution < -0.4 is 5.43 Å². The number of hydrogen-bond acceptors (Lipinski definition) is 3. The number of benzene rings is 1. The Morgan fingerprint density at radius 2 is 2.11 bits per heavy atom. The molecule has 1 aromatic heterocycles. The van der Waals surface area contributed by atoms with Crippen LogP contribution in [-0.2, 0) is 11.0 Å². The first-order chi connectivity index (χ1) is 13.3. The van der Waals surface area contributed by atoms with Crippen LogP contribution in [0, 0.1) is 17.3 Å². The zero-order valence-corrected chi connectivity index (χ0v) is 15.4. The summed E-state index contributed by atoms with van der Waals surface area (Å²) in [6.45, 7) is 2.17. The molecule has 2 fully saturated rings. The minimum absolute atomic E-state index is 0.0180. The van der Waals surface area contributed by atoms with Gasteiger partial charge in [0.15, 0.2) is 0 Å². The van der Waals surface area contributed by atoms with Crippen LogP contribution in [0.3, 0.4) is 0 Å². The van der Waals surface area contributed by atoms with Gasteiger partial charge in [-0.3, -0.25) is 4.79 Å². The van der Waals surface area contributed by atoms with Crippen LogP contribution in [0.1, 0.15) is 43.9 Å². The summed E-state index contributed by atoms with van der Waals surface area (Å²) in [5, 5.41) is 3.96. The van der Waals surface area contributed by atoms with E-state index in [0.717, 1.165) is 25.0 Å². The fourth-order valence-corrected chi connectivity index (χ4v) is 4.51. The highest BCUT2D eigenvalue weighted by Crippen LogP contribution is 2.66. The molecule has 28 heavy (non-hydrogen) atoms. The number of alkyl halides is 3. The highest BCUT2D eigenvalue weighted by atomic mass is 19.4. The van der Waals surface area contributed by atoms with E-state index >= 15 is 0 Å². The lowest BCUT2D eigenvalue weighted by Gasteiger charge is -2.15. The van der Waals surface area contributed by atoms with Crippen molar-refractivity contribution in [1.82, 2.24) is 5.43 Å². The Hall–Kier alpha value is -2.57. The van der Waals surface area contributed by atoms with E-state index in [1.807, 2.05) is 0 Å². The molecule has 4 nitrogen and oxygen atoms in total. The van der Waals surface area contributed by atoms with Crippen molar-refractivity contribution in [2.75, 3.05) is 0 Å². The number of nitrogens with zero attached hydrogens (tertiary/aromatic N) is 1. The Kier molecular flexibility index (Phi) is 4.56. The Labute approximate surface area is 160 Å². The topological polar surface area (TPSA) is 54.6 Å². The van der Waals surface area contributed by atoms with E-state index in [9.17, 15) is 18.0 Å². The Bertz CT molecular complexity index is 918. The second kappa shape index (κ2) is 6.79. The highest BCUT2D eigenvalue weighted by Gasteiger charge is 2.64. The van der Waals surface area contributed by atoms with E-state index in [1.165, 1.54) is 25.1 Å². The first kappa shape index (κ1) is 18.8. The number of halogens is 3. The number of carbonyl (C=O) groups excluding carboxylic acids is 1. The molecule has 2 aliphatic carbocycles. The average molecular weight is 390 g/mol. The summed E-state index contributed by atoms with van der Waals surface area (Å²) < 4.78 is 44.1. The van der Waals surface area contributed by atoms with E-state index in [0.29, 0.717) is 23.0 Å². The van der Waals surface area contributed by atoms with E-state index in [4.69, 9.17) is 4.42 Å². The van der Waals surface area contributed by atoms with Gasteiger partial charge in [-0.05, 0) is 48.4 Å². The third-order valence-electron chi connectivity index (χ3n) is 6.08. The molecule has 0 spiro atoms. The molecule has 1 amide bonds. The molecule has 1 N–H and O–H groups in total. The van der Waals surface area contributed by atoms with Gasteiger partial charge in [0.1, 0.15) is 11.5 Å². The highest BCUT2D eigenvalue weighted by molar-refractivity contribution is 5.85. The van der Waals surface area contributed by atoms with Crippen LogP contribution in [-0.4, -0.2) is 12.1 Å². The summed E-state index contributed by atoms with van der Waals surface area (Å²) in [7, 11) is 0. The smallest absolute Gasteiger partial charge is 0.416 e. The van der Waals surface area contributed by atoms with Crippen molar-refractivity contribution in [2.45, 2.75) is 38.8 Å². The van der Waals surface area contributed by atoms with Crippen molar-refractivity contribution in [2.24, 2.45) is 22.4 Å². The van der Waals surface area contributed by atoms with E-state index in [2.05, 4.69) is 17.5 Å². The normalized spacial score (nSPS) is 26.9. The van der Waals surface area contributed by atoms with Crippen molar-refractivity contribution in [3.05, 3.63) is 47.7 Å². The van der Waals surface area contributed by atoms with Gasteiger partial charge < -0.3 is 4.42 Å². The molecule has 0 radical (unpaired) electrons. The largest absolute Gasteiger partial charge is 0.455 e. The third-order valence-corrected chi connectivity index (χ3v) is 6.08. The molecular weight excluding hydrogens is 369 g/mol. The number of hydrazone groups is 1. The summed E-state index contributed by atoms with van der Waals surface area (Å²) in [4.78, 5) is 12.4. The Balaban J connectivity index is 1.39. The average Bonchev–Trinajstić information content (AvgIpc) is 3.02. The molecule has 3 atom stereocenters. The van der Waals surface area contributed by atoms with E-state index < -0.39 is 11.7 Å². The fraction of sp³-hybridized carbons (Fsp3) is 0.429. The molecule has 0 aliphatic heterocycles. The van der Waals surface area contributed by atoms with Crippen molar-refractivity contribution in [3.8, 4) is 11.3 Å². The monoisotopic (exact) mass is 390 g/mol. The summed E-state index contributed by atoms with van der Waals surface area (Å²) in [6, 6.07) is 8.12. The van der Waals surface area contributed by atoms with Gasteiger partial charge in [-0.1, -0.05) is 31.9 Å². The molecular formula is C21H21F3N2O2. The minimum atomic E-state index is -4.41. The molecule has 1 aromatic carbocycles. The predicted octanol–water partition coefficient (Wildman–Crippen LogP) is 5.24. The van der Waals surface area contributed by atoms with Gasteiger partial charge in [-0.2, -0.15) is 18.3 Å². The van der Waals surface area contributed by atoms with E-state index in [1.54, 1.807) is 18.2 Å². The zero-order valence-electron chi connectivity index (χ0n) is 15.4. The third kappa shape index (κ3) is 3.45. The van der Waals surface area contributed by atoms with E-state index in [-0.39, 0.29) is 17.2 Å². The van der Waals surface area contributed by atoms with Gasteiger partial charge in [-0.25, -0.2) is 5.43 Å². The molecule has 2 aliphatic rings. The number of hydrogen-bond donors (Lipinski definition) is 1. The van der Waals surface area contributed by atoms with Gasteiger partial charge in [0.05, 0.1) is 11.8 Å². The van der Waals surface area contributed by atoms with Crippen molar-refractivity contribution in [3.63, 3.8) is 0 Å². The molecule has 0 unspecified atom stereocenters. The molecule has 148 valence electrons. The zero-order chi connectivity index (χ0) is 19.9. The fourth-order valence-electron chi connectivity index (χ4n) is 4.51. The summed E-state index contributed by atoms with van der Waals surface area (Å²) >= 11 is 0. The van der Waals surface area contributed by atoms with Crippen LogP contribution >= 0.6 is 0 Å². The second-order valence-electron chi connectivity index (χ2n) is 7.85. The SMILES string of the molecule is C[C@]12CCCC[C@H]1[C@H]2C(=O)N/N=C\c1ccc(-c2cccc(C(F)(F)F)c2)o1. The lowest BCUT2D eigenvalue weighted by molar-refractivity contribution is -0.137. The number of furan rings is 1. The molecule has 2 aromatic rings. The number of amides is 1. The first-order valence-electron chi connectivity index (χ1n) is 9.39. The molecule has 0 saturated heterocycles. The van der Waals surface area contributed by atoms with Gasteiger partial charge in [0.2, 0.25) is 5.91 Å². The van der Waals surface area contributed by atoms with Gasteiger partial charge >= 0.3 is 6.18 Å². The molecule has 0 bridgehead atoms. The first-order valence-corrected chi connectivity index (χ1v) is 9.39. The van der Waals surface area contributed by atoms with Crippen molar-refractivity contribution in [1.29, 1.82) is 0 Å². The minimum Gasteiger partial charge on any atom is -0.455 e. The lowest BCUT2D eigenvalue weighted by Crippen LogP contribution is -2.22. The van der Waals surface area contributed by atoms with Crippen molar-refractivity contribution < 1.29 is 22.4 Å². The number of fused-ring (bicyclic) bond motifs is 1. The second-order valence-corrected chi connectivity index (χ2v) is 7.85. The summed E-state index contributed by atoms with van der Waals surface area (Å²) in [6.07, 6.45) is 1.48. The maximum Gasteiger partial charge on any atom is 0.416 e. The predicted molar refractivity (Wildman–Crippen MR) is 98.4 cm³/mol. The summed E-state index contributed by atoms with van der Waals surface area (Å²) in [5.41, 5.74) is 2.28. The van der Waals surface area contributed by atoms with Crippen LogP contribution in [0.15, 0.2) is 45.9 Å². The van der Waals surface area contributed by atoms with Crippen molar-refractivity contribution >= 4 is 12.1 Å². The van der Waals surface area contributed by atoms with Gasteiger partial charge in [0.25, 0.3) is 0 Å². The van der Waals surface area contributed by atoms with Crippen LogP contribution in [0.25, 0.3) is 11.3 Å². The maximum atomic E-state index is 12.8. The van der Waals surface area contributed by atoms with Crippen LogP contribution in [0.5, 0.6) is 0 Å². The Morgan fingerprint density at radius 1 is 1.29 bits per heavy atom. The number of nitrogens with one attached hydrogen (secondary N) is 1. The molecule has 2 saturated carbocycles. The Morgan fingerprint density at radius 3 is 2.82 bits per heavy atom. The maximum absolute atomic E-state index is 12.8.